The standard InChI is InChI=1S/C13H17F3N2O2S/c1-10-8-18(6-5-17-10)21(19,20)9-11-3-2-4-12(7-11)13(14,15)16/h2-4,7,10,17H,5-6,8-9H2,1H3/t10-/m0/s1. The van der Waals surface area contributed by atoms with Crippen molar-refractivity contribution in [1.82, 2.24) is 9.62 Å². The maximum absolute atomic E-state index is 12.6. The van der Waals surface area contributed by atoms with Crippen molar-refractivity contribution in [1.29, 1.82) is 0 Å². The van der Waals surface area contributed by atoms with Crippen LogP contribution in [0.25, 0.3) is 0 Å². The van der Waals surface area contributed by atoms with Crippen LogP contribution in [0.4, 0.5) is 13.2 Å². The van der Waals surface area contributed by atoms with Crippen molar-refractivity contribution in [2.45, 2.75) is 24.9 Å². The number of alkyl halides is 3. The SMILES string of the molecule is C[C@H]1CN(S(=O)(=O)Cc2cccc(C(F)(F)F)c2)CCN1. The Balaban J connectivity index is 2.17. The second kappa shape index (κ2) is 5.94. The van der Waals surface area contributed by atoms with Gasteiger partial charge >= 0.3 is 6.18 Å². The molecule has 1 atom stereocenters. The van der Waals surface area contributed by atoms with Crippen molar-refractivity contribution < 1.29 is 21.6 Å². The molecule has 8 heteroatoms. The molecule has 1 N–H and O–H groups in total. The Bertz CT molecular complexity index is 602. The number of hydrogen-bond acceptors (Lipinski definition) is 3. The van der Waals surface area contributed by atoms with E-state index in [9.17, 15) is 21.6 Å². The summed E-state index contributed by atoms with van der Waals surface area (Å²) < 4.78 is 63.8. The number of nitrogens with one attached hydrogen (secondary N) is 1. The van der Waals surface area contributed by atoms with E-state index >= 15 is 0 Å². The van der Waals surface area contributed by atoms with Gasteiger partial charge in [-0.1, -0.05) is 18.2 Å². The number of piperazine rings is 1. The van der Waals surface area contributed by atoms with Gasteiger partial charge in [-0.15, -0.1) is 0 Å². The molecule has 1 aromatic rings. The fourth-order valence-electron chi connectivity index (χ4n) is 2.29. The quantitative estimate of drug-likeness (QED) is 0.924. The molecule has 4 nitrogen and oxygen atoms in total. The van der Waals surface area contributed by atoms with E-state index in [0.717, 1.165) is 12.1 Å². The van der Waals surface area contributed by atoms with Crippen LogP contribution in [0.15, 0.2) is 24.3 Å². The third-order valence-corrected chi connectivity index (χ3v) is 5.14. The van der Waals surface area contributed by atoms with Gasteiger partial charge in [0.15, 0.2) is 0 Å². The summed E-state index contributed by atoms with van der Waals surface area (Å²) in [6.45, 7) is 3.09. The maximum Gasteiger partial charge on any atom is 0.416 e. The minimum atomic E-state index is -4.47. The Morgan fingerprint density at radius 2 is 2.10 bits per heavy atom. The molecule has 1 saturated heterocycles. The zero-order valence-corrected chi connectivity index (χ0v) is 12.3. The van der Waals surface area contributed by atoms with Gasteiger partial charge in [0.1, 0.15) is 0 Å². The van der Waals surface area contributed by atoms with Crippen LogP contribution in [0.5, 0.6) is 0 Å². The van der Waals surface area contributed by atoms with Gasteiger partial charge in [-0.2, -0.15) is 17.5 Å². The van der Waals surface area contributed by atoms with Gasteiger partial charge in [-0.3, -0.25) is 0 Å². The lowest BCUT2D eigenvalue weighted by atomic mass is 10.1. The van der Waals surface area contributed by atoms with E-state index < -0.39 is 27.5 Å². The lowest BCUT2D eigenvalue weighted by Crippen LogP contribution is -2.51. The smallest absolute Gasteiger partial charge is 0.312 e. The van der Waals surface area contributed by atoms with Crippen LogP contribution in [0.2, 0.25) is 0 Å². The molecule has 1 aromatic carbocycles. The summed E-state index contributed by atoms with van der Waals surface area (Å²) >= 11 is 0. The number of sulfonamides is 1. The molecule has 1 aliphatic heterocycles. The number of benzene rings is 1. The summed E-state index contributed by atoms with van der Waals surface area (Å²) in [5.74, 6) is -0.413. The van der Waals surface area contributed by atoms with Gasteiger partial charge < -0.3 is 5.32 Å². The van der Waals surface area contributed by atoms with Crippen LogP contribution >= 0.6 is 0 Å². The highest BCUT2D eigenvalue weighted by Crippen LogP contribution is 2.30. The third-order valence-electron chi connectivity index (χ3n) is 3.33. The molecule has 0 spiro atoms. The molecule has 0 saturated carbocycles. The third kappa shape index (κ3) is 4.18. The predicted octanol–water partition coefficient (Wildman–Crippen LogP) is 1.83. The molecular formula is C13H17F3N2O2S. The van der Waals surface area contributed by atoms with Gasteiger partial charge in [0.25, 0.3) is 0 Å². The van der Waals surface area contributed by atoms with E-state index in [0.29, 0.717) is 19.6 Å². The minimum Gasteiger partial charge on any atom is -0.312 e. The normalized spacial score (nSPS) is 21.4. The van der Waals surface area contributed by atoms with E-state index in [4.69, 9.17) is 0 Å². The average Bonchev–Trinajstić information content (AvgIpc) is 2.37. The molecule has 118 valence electrons. The Morgan fingerprint density at radius 1 is 1.38 bits per heavy atom. The molecule has 2 rings (SSSR count). The molecule has 21 heavy (non-hydrogen) atoms. The van der Waals surface area contributed by atoms with Crippen LogP contribution in [0.1, 0.15) is 18.1 Å². The van der Waals surface area contributed by atoms with Crippen molar-refractivity contribution in [2.24, 2.45) is 0 Å². The first kappa shape index (κ1) is 16.3. The highest BCUT2D eigenvalue weighted by molar-refractivity contribution is 7.88. The number of hydrogen-bond donors (Lipinski definition) is 1. The van der Waals surface area contributed by atoms with Crippen molar-refractivity contribution in [3.05, 3.63) is 35.4 Å². The molecule has 1 aliphatic rings. The monoisotopic (exact) mass is 322 g/mol. The molecule has 0 amide bonds. The highest BCUT2D eigenvalue weighted by atomic mass is 32.2. The molecule has 0 aromatic heterocycles. The topological polar surface area (TPSA) is 49.4 Å². The van der Waals surface area contributed by atoms with Crippen molar-refractivity contribution >= 4 is 10.0 Å². The summed E-state index contributed by atoms with van der Waals surface area (Å²) in [7, 11) is -3.61. The van der Waals surface area contributed by atoms with Gasteiger partial charge in [0, 0.05) is 25.7 Å². The molecule has 1 heterocycles. The molecule has 1 fully saturated rings. The van der Waals surface area contributed by atoms with Crippen LogP contribution in [-0.4, -0.2) is 38.4 Å². The predicted molar refractivity (Wildman–Crippen MR) is 73.1 cm³/mol. The van der Waals surface area contributed by atoms with Gasteiger partial charge in [-0.05, 0) is 18.6 Å². The largest absolute Gasteiger partial charge is 0.416 e. The Hall–Kier alpha value is -1.12. The first-order chi connectivity index (χ1) is 9.68. The Kier molecular flexibility index (Phi) is 4.60. The van der Waals surface area contributed by atoms with Crippen LogP contribution in [0.3, 0.4) is 0 Å². The van der Waals surface area contributed by atoms with Crippen LogP contribution in [-0.2, 0) is 22.0 Å². The average molecular weight is 322 g/mol. The molecule has 0 radical (unpaired) electrons. The van der Waals surface area contributed by atoms with E-state index in [-0.39, 0.29) is 11.6 Å². The lowest BCUT2D eigenvalue weighted by molar-refractivity contribution is -0.137. The van der Waals surface area contributed by atoms with Gasteiger partial charge in [-0.25, -0.2) is 8.42 Å². The molecule has 0 bridgehead atoms. The molecule has 0 unspecified atom stereocenters. The summed E-state index contributed by atoms with van der Waals surface area (Å²) in [4.78, 5) is 0. The van der Waals surface area contributed by atoms with Crippen molar-refractivity contribution in [3.8, 4) is 0 Å². The summed E-state index contributed by atoms with van der Waals surface area (Å²) in [6.07, 6.45) is -4.47. The zero-order valence-electron chi connectivity index (χ0n) is 11.5. The Morgan fingerprint density at radius 3 is 2.71 bits per heavy atom. The van der Waals surface area contributed by atoms with Gasteiger partial charge in [0.05, 0.1) is 11.3 Å². The van der Waals surface area contributed by atoms with Crippen LogP contribution < -0.4 is 5.32 Å². The fraction of sp³-hybridized carbons (Fsp3) is 0.538. The summed E-state index contributed by atoms with van der Waals surface area (Å²) in [5.41, 5.74) is -0.681. The number of halogens is 3. The fourth-order valence-corrected chi connectivity index (χ4v) is 3.89. The second-order valence-electron chi connectivity index (χ2n) is 5.17. The maximum atomic E-state index is 12.6. The zero-order chi connectivity index (χ0) is 15.7. The molecular weight excluding hydrogens is 305 g/mol. The lowest BCUT2D eigenvalue weighted by Gasteiger charge is -2.31. The van der Waals surface area contributed by atoms with E-state index in [2.05, 4.69) is 5.32 Å². The van der Waals surface area contributed by atoms with Crippen molar-refractivity contribution in [3.63, 3.8) is 0 Å². The molecule has 0 aliphatic carbocycles. The second-order valence-corrected chi connectivity index (χ2v) is 7.14. The van der Waals surface area contributed by atoms with E-state index in [1.54, 1.807) is 0 Å². The number of rotatable bonds is 3. The van der Waals surface area contributed by atoms with Gasteiger partial charge in [0.2, 0.25) is 10.0 Å². The highest BCUT2D eigenvalue weighted by Gasteiger charge is 2.31. The summed E-state index contributed by atoms with van der Waals surface area (Å²) in [6, 6.07) is 4.49. The minimum absolute atomic E-state index is 0.0371. The van der Waals surface area contributed by atoms with Crippen LogP contribution in [0, 0.1) is 0 Å². The first-order valence-electron chi connectivity index (χ1n) is 6.56. The summed E-state index contributed by atoms with van der Waals surface area (Å²) in [5, 5.41) is 3.12. The number of nitrogens with zero attached hydrogens (tertiary/aromatic N) is 1. The van der Waals surface area contributed by atoms with E-state index in [1.807, 2.05) is 6.92 Å². The van der Waals surface area contributed by atoms with E-state index in [1.165, 1.54) is 16.4 Å². The Labute approximate surface area is 122 Å². The first-order valence-corrected chi connectivity index (χ1v) is 8.17. The van der Waals surface area contributed by atoms with Crippen molar-refractivity contribution in [2.75, 3.05) is 19.6 Å².